The van der Waals surface area contributed by atoms with Crippen LogP contribution < -0.4 is 14.4 Å². The molecule has 1 atom stereocenters. The Balaban J connectivity index is 2.12. The van der Waals surface area contributed by atoms with Gasteiger partial charge in [0.1, 0.15) is 18.3 Å². The first kappa shape index (κ1) is 32.2. The molecule has 41 heavy (non-hydrogen) atoms. The van der Waals surface area contributed by atoms with E-state index in [4.69, 9.17) is 27.9 Å². The van der Waals surface area contributed by atoms with Crippen LogP contribution in [-0.2, 0) is 26.2 Å². The van der Waals surface area contributed by atoms with Crippen molar-refractivity contribution in [2.45, 2.75) is 57.6 Å². The van der Waals surface area contributed by atoms with Crippen molar-refractivity contribution in [2.24, 2.45) is 0 Å². The van der Waals surface area contributed by atoms with Gasteiger partial charge in [0.05, 0.1) is 17.2 Å². The Kier molecular flexibility index (Phi) is 11.5. The molecular weight excluding hydrogens is 585 g/mol. The van der Waals surface area contributed by atoms with Gasteiger partial charge in [-0.05, 0) is 69.2 Å². The van der Waals surface area contributed by atoms with E-state index in [1.165, 1.54) is 17.0 Å². The molecule has 0 aliphatic heterocycles. The molecule has 0 saturated heterocycles. The third-order valence-electron chi connectivity index (χ3n) is 6.22. The standard InChI is InChI=1S/C30H35Cl2N3O5S/c1-5-26(30(37)33-21(3)4)34(19-22-16-17-23(31)18-25(22)32)29(36)20-35(27-14-10-11-15-28(27)40-6-2)41(38,39)24-12-8-7-9-13-24/h7-18,21,26H,5-6,19-20H2,1-4H3,(H,33,37)/t26-/m1/s1. The number of carbonyl (C=O) groups excluding carboxylic acids is 2. The lowest BCUT2D eigenvalue weighted by Gasteiger charge is -2.34. The number of nitrogens with one attached hydrogen (secondary N) is 1. The van der Waals surface area contributed by atoms with Crippen LogP contribution in [0.3, 0.4) is 0 Å². The van der Waals surface area contributed by atoms with Crippen molar-refractivity contribution < 1.29 is 22.7 Å². The smallest absolute Gasteiger partial charge is 0.264 e. The van der Waals surface area contributed by atoms with Crippen LogP contribution in [0.1, 0.15) is 39.7 Å². The van der Waals surface area contributed by atoms with Gasteiger partial charge in [0.15, 0.2) is 0 Å². The van der Waals surface area contributed by atoms with Crippen molar-refractivity contribution in [3.63, 3.8) is 0 Å². The zero-order valence-electron chi connectivity index (χ0n) is 23.5. The Morgan fingerprint density at radius 1 is 0.951 bits per heavy atom. The SMILES string of the molecule is CCOc1ccccc1N(CC(=O)N(Cc1ccc(Cl)cc1Cl)[C@H](CC)C(=O)NC(C)C)S(=O)(=O)c1ccccc1. The summed E-state index contributed by atoms with van der Waals surface area (Å²) in [6.45, 7) is 6.89. The zero-order valence-corrected chi connectivity index (χ0v) is 25.8. The van der Waals surface area contributed by atoms with Crippen LogP contribution in [0.25, 0.3) is 0 Å². The summed E-state index contributed by atoms with van der Waals surface area (Å²) in [5.41, 5.74) is 0.767. The summed E-state index contributed by atoms with van der Waals surface area (Å²) >= 11 is 12.5. The molecule has 0 aromatic heterocycles. The van der Waals surface area contributed by atoms with Gasteiger partial charge < -0.3 is 15.0 Å². The highest BCUT2D eigenvalue weighted by molar-refractivity contribution is 7.92. The van der Waals surface area contributed by atoms with E-state index >= 15 is 0 Å². The number of ether oxygens (including phenoxy) is 1. The summed E-state index contributed by atoms with van der Waals surface area (Å²) in [7, 11) is -4.22. The molecule has 2 amide bonds. The monoisotopic (exact) mass is 619 g/mol. The number of para-hydroxylation sites is 2. The van der Waals surface area contributed by atoms with Gasteiger partial charge in [0.2, 0.25) is 11.8 Å². The van der Waals surface area contributed by atoms with Crippen molar-refractivity contribution in [2.75, 3.05) is 17.5 Å². The molecule has 0 saturated carbocycles. The zero-order chi connectivity index (χ0) is 30.2. The first-order chi connectivity index (χ1) is 19.5. The summed E-state index contributed by atoms with van der Waals surface area (Å²) in [4.78, 5) is 28.8. The minimum Gasteiger partial charge on any atom is -0.492 e. The molecule has 0 aliphatic carbocycles. The lowest BCUT2D eigenvalue weighted by molar-refractivity contribution is -0.140. The van der Waals surface area contributed by atoms with E-state index in [2.05, 4.69) is 5.32 Å². The number of hydrogen-bond acceptors (Lipinski definition) is 5. The fraction of sp³-hybridized carbons (Fsp3) is 0.333. The van der Waals surface area contributed by atoms with Gasteiger partial charge in [0.25, 0.3) is 10.0 Å². The number of amides is 2. The lowest BCUT2D eigenvalue weighted by Crippen LogP contribution is -2.53. The molecule has 3 aromatic rings. The molecule has 3 rings (SSSR count). The third-order valence-corrected chi connectivity index (χ3v) is 8.58. The summed E-state index contributed by atoms with van der Waals surface area (Å²) in [6, 6.07) is 18.3. The van der Waals surface area contributed by atoms with Crippen molar-refractivity contribution in [3.8, 4) is 5.75 Å². The van der Waals surface area contributed by atoms with Gasteiger partial charge >= 0.3 is 0 Å². The second-order valence-corrected chi connectivity index (χ2v) is 12.3. The predicted molar refractivity (Wildman–Crippen MR) is 163 cm³/mol. The van der Waals surface area contributed by atoms with Crippen LogP contribution in [0.4, 0.5) is 5.69 Å². The van der Waals surface area contributed by atoms with Crippen LogP contribution in [0.5, 0.6) is 5.75 Å². The molecule has 0 spiro atoms. The Morgan fingerprint density at radius 2 is 1.61 bits per heavy atom. The number of anilines is 1. The van der Waals surface area contributed by atoms with Gasteiger partial charge in [-0.3, -0.25) is 13.9 Å². The molecule has 0 fully saturated rings. The van der Waals surface area contributed by atoms with E-state index in [1.54, 1.807) is 74.5 Å². The molecule has 3 aromatic carbocycles. The van der Waals surface area contributed by atoms with Crippen LogP contribution in [0, 0.1) is 0 Å². The number of sulfonamides is 1. The first-order valence-electron chi connectivity index (χ1n) is 13.3. The second kappa shape index (κ2) is 14.6. The fourth-order valence-corrected chi connectivity index (χ4v) is 6.22. The van der Waals surface area contributed by atoms with E-state index in [1.807, 2.05) is 13.8 Å². The molecule has 0 unspecified atom stereocenters. The Bertz CT molecular complexity index is 1450. The van der Waals surface area contributed by atoms with Crippen LogP contribution >= 0.6 is 23.2 Å². The summed E-state index contributed by atoms with van der Waals surface area (Å²) < 4.78 is 34.8. The molecule has 0 heterocycles. The van der Waals surface area contributed by atoms with Gasteiger partial charge in [-0.25, -0.2) is 8.42 Å². The van der Waals surface area contributed by atoms with Crippen molar-refractivity contribution >= 4 is 50.7 Å². The topological polar surface area (TPSA) is 96.0 Å². The lowest BCUT2D eigenvalue weighted by atomic mass is 10.1. The summed E-state index contributed by atoms with van der Waals surface area (Å²) in [5, 5.41) is 3.62. The average Bonchev–Trinajstić information content (AvgIpc) is 2.93. The van der Waals surface area contributed by atoms with Crippen LogP contribution in [0.15, 0.2) is 77.7 Å². The molecule has 8 nitrogen and oxygen atoms in total. The first-order valence-corrected chi connectivity index (χ1v) is 15.5. The number of nitrogens with zero attached hydrogens (tertiary/aromatic N) is 2. The maximum absolute atomic E-state index is 14.2. The fourth-order valence-electron chi connectivity index (χ4n) is 4.31. The number of rotatable bonds is 13. The number of hydrogen-bond donors (Lipinski definition) is 1. The minimum absolute atomic E-state index is 0.0102. The van der Waals surface area contributed by atoms with E-state index in [-0.39, 0.29) is 35.5 Å². The Labute approximate surface area is 252 Å². The second-order valence-electron chi connectivity index (χ2n) is 9.57. The Morgan fingerprint density at radius 3 is 2.22 bits per heavy atom. The van der Waals surface area contributed by atoms with Crippen LogP contribution in [0.2, 0.25) is 10.0 Å². The maximum Gasteiger partial charge on any atom is 0.264 e. The highest BCUT2D eigenvalue weighted by Crippen LogP contribution is 2.33. The number of carbonyl (C=O) groups is 2. The molecule has 0 aliphatic rings. The quantitative estimate of drug-likeness (QED) is 0.256. The van der Waals surface area contributed by atoms with E-state index in [0.717, 1.165) is 4.31 Å². The largest absolute Gasteiger partial charge is 0.492 e. The number of benzene rings is 3. The molecule has 220 valence electrons. The van der Waals surface area contributed by atoms with Gasteiger partial charge in [-0.1, -0.05) is 66.5 Å². The van der Waals surface area contributed by atoms with Crippen molar-refractivity contribution in [1.82, 2.24) is 10.2 Å². The minimum atomic E-state index is -4.22. The summed E-state index contributed by atoms with van der Waals surface area (Å²) in [6.07, 6.45) is 0.288. The van der Waals surface area contributed by atoms with E-state index in [0.29, 0.717) is 28.0 Å². The third kappa shape index (κ3) is 8.15. The normalized spacial score (nSPS) is 12.1. The Hall–Kier alpha value is -3.27. The molecule has 1 N–H and O–H groups in total. The van der Waals surface area contributed by atoms with Crippen molar-refractivity contribution in [1.29, 1.82) is 0 Å². The highest BCUT2D eigenvalue weighted by Gasteiger charge is 2.35. The molecule has 11 heteroatoms. The van der Waals surface area contributed by atoms with E-state index in [9.17, 15) is 18.0 Å². The molecule has 0 bridgehead atoms. The highest BCUT2D eigenvalue weighted by atomic mass is 35.5. The average molecular weight is 621 g/mol. The van der Waals surface area contributed by atoms with Gasteiger partial charge in [-0.15, -0.1) is 0 Å². The molecule has 0 radical (unpaired) electrons. The van der Waals surface area contributed by atoms with E-state index < -0.39 is 28.5 Å². The van der Waals surface area contributed by atoms with Gasteiger partial charge in [0, 0.05) is 22.6 Å². The maximum atomic E-state index is 14.2. The van der Waals surface area contributed by atoms with Gasteiger partial charge in [-0.2, -0.15) is 0 Å². The number of halogens is 2. The summed E-state index contributed by atoms with van der Waals surface area (Å²) in [5.74, 6) is -0.639. The van der Waals surface area contributed by atoms with Crippen molar-refractivity contribution in [3.05, 3.63) is 88.4 Å². The molecular formula is C30H35Cl2N3O5S. The van der Waals surface area contributed by atoms with Crippen LogP contribution in [-0.4, -0.2) is 50.4 Å². The predicted octanol–water partition coefficient (Wildman–Crippen LogP) is 5.92.